The smallest absolute Gasteiger partial charge is 0.127 e. The fourth-order valence-corrected chi connectivity index (χ4v) is 2.04. The Hall–Kier alpha value is -1.06. The molecule has 0 bridgehead atoms. The first-order valence-corrected chi connectivity index (χ1v) is 6.58. The quantitative estimate of drug-likeness (QED) is 0.578. The second kappa shape index (κ2) is 7.30. The molecule has 1 rings (SSSR count). The van der Waals surface area contributed by atoms with Crippen LogP contribution in [-0.4, -0.2) is 38.3 Å². The largest absolute Gasteiger partial charge is 0.508 e. The lowest BCUT2D eigenvalue weighted by atomic mass is 10.2. The van der Waals surface area contributed by atoms with Gasteiger partial charge in [0, 0.05) is 5.56 Å². The second-order valence-electron chi connectivity index (χ2n) is 4.76. The van der Waals surface area contributed by atoms with Gasteiger partial charge in [0.1, 0.15) is 25.4 Å². The highest BCUT2D eigenvalue weighted by atomic mass is 16.3. The van der Waals surface area contributed by atoms with Crippen molar-refractivity contribution in [3.8, 4) is 5.75 Å². The van der Waals surface area contributed by atoms with Crippen molar-refractivity contribution in [2.75, 3.05) is 33.2 Å². The predicted octanol–water partition coefficient (Wildman–Crippen LogP) is -0.668. The van der Waals surface area contributed by atoms with Crippen LogP contribution in [0.2, 0.25) is 0 Å². The van der Waals surface area contributed by atoms with Crippen LogP contribution in [0.15, 0.2) is 24.3 Å². The van der Waals surface area contributed by atoms with Crippen LogP contribution in [0.25, 0.3) is 0 Å². The summed E-state index contributed by atoms with van der Waals surface area (Å²) in [7, 11) is 2.23. The van der Waals surface area contributed by atoms with Crippen LogP contribution < -0.4 is 9.80 Å². The SMILES string of the molecule is CC[NH+](CC)CC[NH+](C)Cc1ccc(O)cc1. The first-order chi connectivity index (χ1) is 8.15. The van der Waals surface area contributed by atoms with Gasteiger partial charge in [-0.15, -0.1) is 0 Å². The van der Waals surface area contributed by atoms with Crippen molar-refractivity contribution in [3.05, 3.63) is 29.8 Å². The molecular formula is C14H26N2O+2. The maximum Gasteiger partial charge on any atom is 0.127 e. The summed E-state index contributed by atoms with van der Waals surface area (Å²) >= 11 is 0. The molecule has 1 aromatic rings. The molecule has 0 spiro atoms. The van der Waals surface area contributed by atoms with Gasteiger partial charge in [-0.2, -0.15) is 0 Å². The van der Waals surface area contributed by atoms with Crippen LogP contribution in [0.4, 0.5) is 0 Å². The molecule has 0 aliphatic carbocycles. The summed E-state index contributed by atoms with van der Waals surface area (Å²) in [4.78, 5) is 3.19. The number of nitrogens with one attached hydrogen (secondary N) is 2. The molecule has 0 saturated heterocycles. The van der Waals surface area contributed by atoms with Gasteiger partial charge in [-0.3, -0.25) is 0 Å². The third kappa shape index (κ3) is 5.20. The van der Waals surface area contributed by atoms with Gasteiger partial charge >= 0.3 is 0 Å². The zero-order valence-corrected chi connectivity index (χ0v) is 11.3. The Morgan fingerprint density at radius 3 is 2.12 bits per heavy atom. The highest BCUT2D eigenvalue weighted by Crippen LogP contribution is 2.08. The first-order valence-electron chi connectivity index (χ1n) is 6.58. The Kier molecular flexibility index (Phi) is 6.01. The average molecular weight is 238 g/mol. The van der Waals surface area contributed by atoms with E-state index in [1.165, 1.54) is 36.6 Å². The summed E-state index contributed by atoms with van der Waals surface area (Å²) in [6, 6.07) is 7.53. The van der Waals surface area contributed by atoms with Crippen LogP contribution in [0.1, 0.15) is 19.4 Å². The van der Waals surface area contributed by atoms with Gasteiger partial charge in [-0.1, -0.05) is 0 Å². The molecule has 3 N–H and O–H groups in total. The Morgan fingerprint density at radius 2 is 1.59 bits per heavy atom. The van der Waals surface area contributed by atoms with E-state index in [1.54, 1.807) is 17.0 Å². The van der Waals surface area contributed by atoms with Crippen molar-refractivity contribution < 1.29 is 14.9 Å². The molecule has 0 aliphatic rings. The molecule has 0 heterocycles. The van der Waals surface area contributed by atoms with Crippen LogP contribution in [-0.2, 0) is 6.54 Å². The number of hydrogen-bond acceptors (Lipinski definition) is 1. The van der Waals surface area contributed by atoms with Crippen LogP contribution >= 0.6 is 0 Å². The highest BCUT2D eigenvalue weighted by molar-refractivity contribution is 5.25. The number of phenolic OH excluding ortho intramolecular Hbond substituents is 1. The molecule has 1 unspecified atom stereocenters. The maximum atomic E-state index is 9.22. The number of quaternary nitrogens is 2. The summed E-state index contributed by atoms with van der Waals surface area (Å²) in [6.07, 6.45) is 0. The van der Waals surface area contributed by atoms with Gasteiger partial charge in [0.05, 0.1) is 20.1 Å². The van der Waals surface area contributed by atoms with E-state index in [1.807, 2.05) is 12.1 Å². The minimum absolute atomic E-state index is 0.346. The minimum Gasteiger partial charge on any atom is -0.508 e. The molecule has 17 heavy (non-hydrogen) atoms. The molecular weight excluding hydrogens is 212 g/mol. The van der Waals surface area contributed by atoms with E-state index in [0.29, 0.717) is 5.75 Å². The van der Waals surface area contributed by atoms with Gasteiger partial charge in [0.15, 0.2) is 0 Å². The molecule has 3 nitrogen and oxygen atoms in total. The van der Waals surface area contributed by atoms with Crippen molar-refractivity contribution in [1.82, 2.24) is 0 Å². The lowest BCUT2D eigenvalue weighted by Crippen LogP contribution is -3.18. The van der Waals surface area contributed by atoms with E-state index in [9.17, 15) is 5.11 Å². The van der Waals surface area contributed by atoms with Crippen molar-refractivity contribution in [3.63, 3.8) is 0 Å². The fourth-order valence-electron chi connectivity index (χ4n) is 2.04. The van der Waals surface area contributed by atoms with Crippen LogP contribution in [0.5, 0.6) is 5.75 Å². The van der Waals surface area contributed by atoms with Crippen molar-refractivity contribution in [1.29, 1.82) is 0 Å². The summed E-state index contributed by atoms with van der Waals surface area (Å²) in [6.45, 7) is 10.4. The normalized spacial score (nSPS) is 12.9. The number of rotatable bonds is 7. The van der Waals surface area contributed by atoms with E-state index in [0.717, 1.165) is 6.54 Å². The Bertz CT molecular complexity index is 307. The Labute approximate surface area is 105 Å². The zero-order valence-electron chi connectivity index (χ0n) is 11.3. The third-order valence-corrected chi connectivity index (χ3v) is 3.35. The summed E-state index contributed by atoms with van der Waals surface area (Å²) < 4.78 is 0. The Morgan fingerprint density at radius 1 is 1.00 bits per heavy atom. The molecule has 1 aromatic carbocycles. The number of phenols is 1. The molecule has 0 aliphatic heterocycles. The minimum atomic E-state index is 0.346. The standard InChI is InChI=1S/C14H24N2O/c1-4-16(5-2)11-10-15(3)12-13-6-8-14(17)9-7-13/h6-9,17H,4-5,10-12H2,1-3H3/p+2. The molecule has 0 amide bonds. The van der Waals surface area contributed by atoms with E-state index < -0.39 is 0 Å². The summed E-state index contributed by atoms with van der Waals surface area (Å²) in [5.74, 6) is 0.346. The van der Waals surface area contributed by atoms with Gasteiger partial charge in [0.2, 0.25) is 0 Å². The topological polar surface area (TPSA) is 29.1 Å². The molecule has 0 fully saturated rings. The van der Waals surface area contributed by atoms with Gasteiger partial charge in [-0.05, 0) is 38.1 Å². The van der Waals surface area contributed by atoms with Crippen LogP contribution in [0, 0.1) is 0 Å². The average Bonchev–Trinajstić information content (AvgIpc) is 2.33. The fraction of sp³-hybridized carbons (Fsp3) is 0.571. The maximum absolute atomic E-state index is 9.22. The zero-order chi connectivity index (χ0) is 12.7. The number of aromatic hydroxyl groups is 1. The molecule has 0 aromatic heterocycles. The first kappa shape index (κ1) is 14.0. The number of benzene rings is 1. The van der Waals surface area contributed by atoms with Gasteiger partial charge < -0.3 is 14.9 Å². The second-order valence-corrected chi connectivity index (χ2v) is 4.76. The number of likely N-dealkylation sites (N-methyl/N-ethyl adjacent to an activating group) is 2. The van der Waals surface area contributed by atoms with E-state index in [2.05, 4.69) is 20.9 Å². The highest BCUT2D eigenvalue weighted by Gasteiger charge is 2.08. The van der Waals surface area contributed by atoms with E-state index in [4.69, 9.17) is 0 Å². The molecule has 96 valence electrons. The molecule has 1 atom stereocenters. The van der Waals surface area contributed by atoms with Crippen LogP contribution in [0.3, 0.4) is 0 Å². The third-order valence-electron chi connectivity index (χ3n) is 3.35. The Balaban J connectivity index is 2.34. The predicted molar refractivity (Wildman–Crippen MR) is 70.5 cm³/mol. The van der Waals surface area contributed by atoms with Crippen molar-refractivity contribution >= 4 is 0 Å². The lowest BCUT2D eigenvalue weighted by molar-refractivity contribution is -0.953. The monoisotopic (exact) mass is 238 g/mol. The van der Waals surface area contributed by atoms with E-state index in [-0.39, 0.29) is 0 Å². The summed E-state index contributed by atoms with van der Waals surface area (Å²) in [5.41, 5.74) is 1.29. The number of hydrogen-bond donors (Lipinski definition) is 3. The lowest BCUT2D eigenvalue weighted by Gasteiger charge is -2.19. The van der Waals surface area contributed by atoms with Gasteiger partial charge in [0.25, 0.3) is 0 Å². The van der Waals surface area contributed by atoms with Gasteiger partial charge in [-0.25, -0.2) is 0 Å². The molecule has 3 heteroatoms. The molecule has 0 saturated carbocycles. The van der Waals surface area contributed by atoms with Crippen molar-refractivity contribution in [2.24, 2.45) is 0 Å². The van der Waals surface area contributed by atoms with Crippen molar-refractivity contribution in [2.45, 2.75) is 20.4 Å². The molecule has 0 radical (unpaired) electrons. The van der Waals surface area contributed by atoms with E-state index >= 15 is 0 Å². The summed E-state index contributed by atoms with van der Waals surface area (Å²) in [5, 5.41) is 9.22.